The van der Waals surface area contributed by atoms with E-state index in [4.69, 9.17) is 0 Å². The fourth-order valence-corrected chi connectivity index (χ4v) is 3.68. The first kappa shape index (κ1) is 22.3. The summed E-state index contributed by atoms with van der Waals surface area (Å²) in [6.07, 6.45) is 13.3. The van der Waals surface area contributed by atoms with Crippen molar-refractivity contribution >= 4 is 11.4 Å². The van der Waals surface area contributed by atoms with E-state index >= 15 is 0 Å². The standard InChI is InChI=1S/C26H40N2/c1-3-5-7-8-9-10-11-18-24-28(26-21-16-13-17-22-26)27(23-6-4-2)25-19-14-12-15-20-25/h12-17,19-22H,3-11,18,23-24H2,1-2H3. The first-order valence-corrected chi connectivity index (χ1v) is 11.5. The lowest BCUT2D eigenvalue weighted by atomic mass is 10.1. The van der Waals surface area contributed by atoms with Crippen molar-refractivity contribution in [2.75, 3.05) is 23.1 Å². The Morgan fingerprint density at radius 2 is 0.857 bits per heavy atom. The Balaban J connectivity index is 1.99. The van der Waals surface area contributed by atoms with Gasteiger partial charge in [0.25, 0.3) is 0 Å². The molecule has 0 saturated carbocycles. The summed E-state index contributed by atoms with van der Waals surface area (Å²) >= 11 is 0. The van der Waals surface area contributed by atoms with Gasteiger partial charge in [-0.15, -0.1) is 0 Å². The summed E-state index contributed by atoms with van der Waals surface area (Å²) in [6, 6.07) is 21.8. The molecule has 0 aliphatic rings. The van der Waals surface area contributed by atoms with Crippen LogP contribution in [0.25, 0.3) is 0 Å². The predicted octanol–water partition coefficient (Wildman–Crippen LogP) is 7.86. The van der Waals surface area contributed by atoms with Crippen molar-refractivity contribution in [2.45, 2.75) is 78.1 Å². The summed E-state index contributed by atoms with van der Waals surface area (Å²) in [4.78, 5) is 0. The number of hydrogen-bond acceptors (Lipinski definition) is 2. The zero-order chi connectivity index (χ0) is 19.9. The third-order valence-electron chi connectivity index (χ3n) is 5.35. The maximum absolute atomic E-state index is 2.50. The minimum absolute atomic E-state index is 1.06. The molecule has 2 heteroatoms. The fourth-order valence-electron chi connectivity index (χ4n) is 3.68. The minimum atomic E-state index is 1.06. The molecule has 0 atom stereocenters. The molecule has 2 aromatic carbocycles. The Morgan fingerprint density at radius 1 is 0.464 bits per heavy atom. The van der Waals surface area contributed by atoms with Gasteiger partial charge in [-0.2, -0.15) is 0 Å². The van der Waals surface area contributed by atoms with Crippen LogP contribution < -0.4 is 10.0 Å². The molecule has 0 unspecified atom stereocenters. The van der Waals surface area contributed by atoms with Gasteiger partial charge in [-0.1, -0.05) is 102 Å². The van der Waals surface area contributed by atoms with Gasteiger partial charge < -0.3 is 0 Å². The second kappa shape index (κ2) is 14.1. The van der Waals surface area contributed by atoms with Gasteiger partial charge in [-0.05, 0) is 37.1 Å². The van der Waals surface area contributed by atoms with Crippen molar-refractivity contribution in [1.82, 2.24) is 0 Å². The monoisotopic (exact) mass is 380 g/mol. The summed E-state index contributed by atoms with van der Waals surface area (Å²) in [6.45, 7) is 6.70. The second-order valence-corrected chi connectivity index (χ2v) is 7.75. The molecule has 0 aliphatic carbocycles. The molecule has 0 radical (unpaired) electrons. The first-order chi connectivity index (χ1) is 13.9. The van der Waals surface area contributed by atoms with Crippen LogP contribution in [0.1, 0.15) is 78.1 Å². The van der Waals surface area contributed by atoms with E-state index in [1.54, 1.807) is 0 Å². The van der Waals surface area contributed by atoms with Crippen LogP contribution in [0.4, 0.5) is 11.4 Å². The number of benzene rings is 2. The number of nitrogens with zero attached hydrogens (tertiary/aromatic N) is 2. The van der Waals surface area contributed by atoms with E-state index in [-0.39, 0.29) is 0 Å². The molecule has 0 saturated heterocycles. The van der Waals surface area contributed by atoms with E-state index in [0.29, 0.717) is 0 Å². The van der Waals surface area contributed by atoms with E-state index < -0.39 is 0 Å². The van der Waals surface area contributed by atoms with Gasteiger partial charge >= 0.3 is 0 Å². The normalized spacial score (nSPS) is 10.8. The van der Waals surface area contributed by atoms with Crippen LogP contribution in [-0.2, 0) is 0 Å². The lowest BCUT2D eigenvalue weighted by Crippen LogP contribution is -2.44. The summed E-state index contributed by atoms with van der Waals surface area (Å²) in [5.74, 6) is 0. The third-order valence-corrected chi connectivity index (χ3v) is 5.35. The van der Waals surface area contributed by atoms with Crippen LogP contribution in [0.2, 0.25) is 0 Å². The molecular formula is C26H40N2. The summed E-state index contributed by atoms with van der Waals surface area (Å²) in [5, 5.41) is 4.99. The predicted molar refractivity (Wildman–Crippen MR) is 125 cm³/mol. The van der Waals surface area contributed by atoms with Crippen molar-refractivity contribution in [3.8, 4) is 0 Å². The molecule has 2 aromatic rings. The molecule has 0 aromatic heterocycles. The number of anilines is 2. The second-order valence-electron chi connectivity index (χ2n) is 7.75. The Hall–Kier alpha value is -1.96. The highest BCUT2D eigenvalue weighted by atomic mass is 15.6. The average Bonchev–Trinajstić information content (AvgIpc) is 2.75. The van der Waals surface area contributed by atoms with E-state index in [0.717, 1.165) is 13.1 Å². The molecular weight excluding hydrogens is 340 g/mol. The molecule has 0 spiro atoms. The van der Waals surface area contributed by atoms with Crippen LogP contribution >= 0.6 is 0 Å². The van der Waals surface area contributed by atoms with E-state index in [9.17, 15) is 0 Å². The van der Waals surface area contributed by atoms with Crippen molar-refractivity contribution in [2.24, 2.45) is 0 Å². The minimum Gasteiger partial charge on any atom is -0.285 e. The van der Waals surface area contributed by atoms with Crippen LogP contribution in [0, 0.1) is 0 Å². The summed E-state index contributed by atoms with van der Waals surface area (Å²) in [5.41, 5.74) is 2.59. The third kappa shape index (κ3) is 7.96. The Labute approximate surface area is 173 Å². The maximum atomic E-state index is 2.50. The Bertz CT molecular complexity index is 596. The lowest BCUT2D eigenvalue weighted by Gasteiger charge is -2.38. The Morgan fingerprint density at radius 3 is 1.32 bits per heavy atom. The number of hydrazine groups is 1. The SMILES string of the molecule is CCCCCCCCCCN(c1ccccc1)N(CCCC)c1ccccc1. The van der Waals surface area contributed by atoms with E-state index in [1.165, 1.54) is 75.6 Å². The first-order valence-electron chi connectivity index (χ1n) is 11.5. The molecule has 0 bridgehead atoms. The zero-order valence-electron chi connectivity index (χ0n) is 18.2. The molecule has 0 N–H and O–H groups in total. The highest BCUT2D eigenvalue weighted by Gasteiger charge is 2.16. The van der Waals surface area contributed by atoms with Crippen LogP contribution in [0.15, 0.2) is 60.7 Å². The van der Waals surface area contributed by atoms with Crippen LogP contribution in [-0.4, -0.2) is 13.1 Å². The molecule has 2 nitrogen and oxygen atoms in total. The highest BCUT2D eigenvalue weighted by molar-refractivity contribution is 5.57. The van der Waals surface area contributed by atoms with Crippen molar-refractivity contribution in [3.63, 3.8) is 0 Å². The van der Waals surface area contributed by atoms with E-state index in [2.05, 4.69) is 84.5 Å². The number of rotatable bonds is 15. The smallest absolute Gasteiger partial charge is 0.0574 e. The van der Waals surface area contributed by atoms with Crippen molar-refractivity contribution in [3.05, 3.63) is 60.7 Å². The molecule has 0 fully saturated rings. The van der Waals surface area contributed by atoms with Gasteiger partial charge in [0.1, 0.15) is 0 Å². The van der Waals surface area contributed by atoms with Gasteiger partial charge in [-0.25, -0.2) is 0 Å². The lowest BCUT2D eigenvalue weighted by molar-refractivity contribution is 0.564. The van der Waals surface area contributed by atoms with Gasteiger partial charge in [-0.3, -0.25) is 10.0 Å². The molecule has 0 aliphatic heterocycles. The number of para-hydroxylation sites is 2. The zero-order valence-corrected chi connectivity index (χ0v) is 18.2. The molecule has 154 valence electrons. The molecule has 0 heterocycles. The van der Waals surface area contributed by atoms with Crippen LogP contribution in [0.5, 0.6) is 0 Å². The highest BCUT2D eigenvalue weighted by Crippen LogP contribution is 2.24. The van der Waals surface area contributed by atoms with Crippen molar-refractivity contribution < 1.29 is 0 Å². The molecule has 28 heavy (non-hydrogen) atoms. The Kier molecular flexibility index (Phi) is 11.2. The number of unbranched alkanes of at least 4 members (excludes halogenated alkanes) is 8. The molecule has 2 rings (SSSR count). The topological polar surface area (TPSA) is 6.48 Å². The quantitative estimate of drug-likeness (QED) is 0.229. The van der Waals surface area contributed by atoms with Crippen molar-refractivity contribution in [1.29, 1.82) is 0 Å². The average molecular weight is 381 g/mol. The maximum Gasteiger partial charge on any atom is 0.0574 e. The van der Waals surface area contributed by atoms with Gasteiger partial charge in [0.15, 0.2) is 0 Å². The van der Waals surface area contributed by atoms with Gasteiger partial charge in [0.2, 0.25) is 0 Å². The summed E-state index contributed by atoms with van der Waals surface area (Å²) < 4.78 is 0. The largest absolute Gasteiger partial charge is 0.285 e. The fraction of sp³-hybridized carbons (Fsp3) is 0.538. The molecule has 0 amide bonds. The van der Waals surface area contributed by atoms with E-state index in [1.807, 2.05) is 0 Å². The number of hydrogen-bond donors (Lipinski definition) is 0. The van der Waals surface area contributed by atoms with Gasteiger partial charge in [0.05, 0.1) is 11.4 Å². The summed E-state index contributed by atoms with van der Waals surface area (Å²) in [7, 11) is 0. The van der Waals surface area contributed by atoms with Gasteiger partial charge in [0, 0.05) is 13.1 Å². The van der Waals surface area contributed by atoms with Crippen LogP contribution in [0.3, 0.4) is 0 Å².